The maximum Gasteiger partial charge on any atom is 0.269 e. The largest absolute Gasteiger partial charge is 0.300 e. The van der Waals surface area contributed by atoms with Gasteiger partial charge in [0.25, 0.3) is 5.56 Å². The van der Waals surface area contributed by atoms with Crippen molar-refractivity contribution >= 4 is 44.7 Å². The standard InChI is InChI=1S/C10H6N2OS3/c13-9-8-6(3-5-15-8)11-10(12-9)16-7-2-1-4-14-7/h1-5H,(H,11,12,13). The minimum absolute atomic E-state index is 0.0564. The Bertz CT molecular complexity index is 669. The Morgan fingerprint density at radius 2 is 2.19 bits per heavy atom. The molecule has 0 radical (unpaired) electrons. The van der Waals surface area contributed by atoms with Crippen molar-refractivity contribution in [2.75, 3.05) is 0 Å². The number of H-pyrrole nitrogens is 1. The first-order chi connectivity index (χ1) is 7.83. The molecule has 3 rings (SSSR count). The van der Waals surface area contributed by atoms with Crippen molar-refractivity contribution in [2.45, 2.75) is 9.37 Å². The minimum Gasteiger partial charge on any atom is -0.300 e. The number of hydrogen-bond acceptors (Lipinski definition) is 5. The summed E-state index contributed by atoms with van der Waals surface area (Å²) in [6, 6.07) is 5.86. The van der Waals surface area contributed by atoms with Crippen molar-refractivity contribution < 1.29 is 0 Å². The van der Waals surface area contributed by atoms with E-state index in [1.165, 1.54) is 23.1 Å². The summed E-state index contributed by atoms with van der Waals surface area (Å²) in [7, 11) is 0. The molecular weight excluding hydrogens is 260 g/mol. The molecule has 0 unspecified atom stereocenters. The molecule has 16 heavy (non-hydrogen) atoms. The van der Waals surface area contributed by atoms with E-state index in [0.717, 1.165) is 9.73 Å². The highest BCUT2D eigenvalue weighted by molar-refractivity contribution is 8.01. The van der Waals surface area contributed by atoms with Crippen LogP contribution in [-0.4, -0.2) is 9.97 Å². The maximum absolute atomic E-state index is 11.7. The van der Waals surface area contributed by atoms with Crippen molar-refractivity contribution in [3.63, 3.8) is 0 Å². The van der Waals surface area contributed by atoms with Gasteiger partial charge < -0.3 is 0 Å². The molecule has 0 aliphatic rings. The van der Waals surface area contributed by atoms with Crippen LogP contribution in [0.4, 0.5) is 0 Å². The molecule has 80 valence electrons. The highest BCUT2D eigenvalue weighted by Gasteiger charge is 2.06. The van der Waals surface area contributed by atoms with Gasteiger partial charge in [0, 0.05) is 0 Å². The summed E-state index contributed by atoms with van der Waals surface area (Å²) in [4.78, 5) is 18.9. The van der Waals surface area contributed by atoms with E-state index in [9.17, 15) is 4.79 Å². The molecular formula is C10H6N2OS3. The fourth-order valence-corrected chi connectivity index (χ4v) is 3.71. The van der Waals surface area contributed by atoms with E-state index in [2.05, 4.69) is 9.97 Å². The smallest absolute Gasteiger partial charge is 0.269 e. The lowest BCUT2D eigenvalue weighted by Gasteiger charge is -1.97. The topological polar surface area (TPSA) is 45.8 Å². The summed E-state index contributed by atoms with van der Waals surface area (Å²) in [6.45, 7) is 0. The summed E-state index contributed by atoms with van der Waals surface area (Å²) in [5.74, 6) is 0. The van der Waals surface area contributed by atoms with Crippen LogP contribution in [0.1, 0.15) is 0 Å². The number of nitrogens with zero attached hydrogens (tertiary/aromatic N) is 1. The number of aromatic amines is 1. The molecule has 3 nitrogen and oxygen atoms in total. The van der Waals surface area contributed by atoms with Crippen molar-refractivity contribution in [2.24, 2.45) is 0 Å². The molecule has 0 fully saturated rings. The molecule has 6 heteroatoms. The predicted octanol–water partition coefficient (Wildman–Crippen LogP) is 3.20. The van der Waals surface area contributed by atoms with Gasteiger partial charge in [-0.2, -0.15) is 0 Å². The van der Waals surface area contributed by atoms with Crippen molar-refractivity contribution in [3.05, 3.63) is 39.3 Å². The number of nitrogens with one attached hydrogen (secondary N) is 1. The van der Waals surface area contributed by atoms with Gasteiger partial charge in [-0.05, 0) is 34.7 Å². The van der Waals surface area contributed by atoms with E-state index in [1.54, 1.807) is 11.3 Å². The molecule has 0 bridgehead atoms. The molecule has 3 heterocycles. The van der Waals surface area contributed by atoms with Crippen molar-refractivity contribution in [1.82, 2.24) is 9.97 Å². The van der Waals surface area contributed by atoms with Crippen LogP contribution < -0.4 is 5.56 Å². The summed E-state index contributed by atoms with van der Waals surface area (Å²) in [5.41, 5.74) is 0.715. The first-order valence-corrected chi connectivity index (χ1v) is 7.09. The van der Waals surface area contributed by atoms with Crippen LogP contribution in [-0.2, 0) is 0 Å². The van der Waals surface area contributed by atoms with Crippen molar-refractivity contribution in [1.29, 1.82) is 0 Å². The second-order valence-electron chi connectivity index (χ2n) is 3.04. The number of thiophene rings is 2. The van der Waals surface area contributed by atoms with Gasteiger partial charge in [0.2, 0.25) is 0 Å². The molecule has 0 aliphatic heterocycles. The molecule has 0 saturated heterocycles. The van der Waals surface area contributed by atoms with Gasteiger partial charge in [-0.25, -0.2) is 4.98 Å². The van der Waals surface area contributed by atoms with Crippen LogP contribution in [0, 0.1) is 0 Å². The zero-order chi connectivity index (χ0) is 11.0. The van der Waals surface area contributed by atoms with Gasteiger partial charge in [-0.3, -0.25) is 9.78 Å². The Morgan fingerprint density at radius 3 is 3.00 bits per heavy atom. The first kappa shape index (κ1) is 10.1. The average Bonchev–Trinajstić information content (AvgIpc) is 2.87. The number of rotatable bonds is 2. The minimum atomic E-state index is -0.0564. The zero-order valence-electron chi connectivity index (χ0n) is 7.97. The summed E-state index contributed by atoms with van der Waals surface area (Å²) >= 11 is 4.54. The first-order valence-electron chi connectivity index (χ1n) is 4.52. The van der Waals surface area contributed by atoms with Crippen LogP contribution in [0.25, 0.3) is 10.2 Å². The quantitative estimate of drug-likeness (QED) is 0.724. The van der Waals surface area contributed by atoms with E-state index >= 15 is 0 Å². The third-order valence-corrected chi connectivity index (χ3v) is 4.81. The zero-order valence-corrected chi connectivity index (χ0v) is 10.4. The summed E-state index contributed by atoms with van der Waals surface area (Å²) in [5, 5.41) is 4.54. The van der Waals surface area contributed by atoms with Crippen LogP contribution in [0.15, 0.2) is 43.1 Å². The van der Waals surface area contributed by atoms with Gasteiger partial charge in [-0.15, -0.1) is 22.7 Å². The van der Waals surface area contributed by atoms with Crippen molar-refractivity contribution in [3.8, 4) is 0 Å². The Kier molecular flexibility index (Phi) is 2.55. The average molecular weight is 266 g/mol. The van der Waals surface area contributed by atoms with Gasteiger partial charge in [0.05, 0.1) is 9.73 Å². The molecule has 0 saturated carbocycles. The molecule has 0 amide bonds. The Hall–Kier alpha value is -1.11. The SMILES string of the molecule is O=c1[nH]c(Sc2cccs2)nc2ccsc12. The van der Waals surface area contributed by atoms with Crippen LogP contribution in [0.5, 0.6) is 0 Å². The van der Waals surface area contributed by atoms with E-state index < -0.39 is 0 Å². The molecule has 0 aliphatic carbocycles. The van der Waals surface area contributed by atoms with E-state index in [-0.39, 0.29) is 5.56 Å². The Morgan fingerprint density at radius 1 is 1.25 bits per heavy atom. The van der Waals surface area contributed by atoms with Crippen LogP contribution in [0.2, 0.25) is 0 Å². The number of aromatic nitrogens is 2. The van der Waals surface area contributed by atoms with Gasteiger partial charge in [0.15, 0.2) is 5.16 Å². The lowest BCUT2D eigenvalue weighted by atomic mass is 10.5. The monoisotopic (exact) mass is 266 g/mol. The van der Waals surface area contributed by atoms with E-state index in [1.807, 2.05) is 29.0 Å². The Labute approximate surface area is 103 Å². The second kappa shape index (κ2) is 4.04. The molecule has 1 N–H and O–H groups in total. The lowest BCUT2D eigenvalue weighted by molar-refractivity contribution is 0.980. The van der Waals surface area contributed by atoms with Gasteiger partial charge >= 0.3 is 0 Å². The normalized spacial score (nSPS) is 11.0. The summed E-state index contributed by atoms with van der Waals surface area (Å²) in [6.07, 6.45) is 0. The maximum atomic E-state index is 11.7. The Balaban J connectivity index is 2.07. The predicted molar refractivity (Wildman–Crippen MR) is 68.7 cm³/mol. The van der Waals surface area contributed by atoms with Crippen LogP contribution >= 0.6 is 34.4 Å². The molecule has 0 atom stereocenters. The highest BCUT2D eigenvalue weighted by Crippen LogP contribution is 2.29. The highest BCUT2D eigenvalue weighted by atomic mass is 32.2. The third kappa shape index (κ3) is 1.79. The molecule has 0 spiro atoms. The van der Waals surface area contributed by atoms with Gasteiger partial charge in [-0.1, -0.05) is 6.07 Å². The fourth-order valence-electron chi connectivity index (χ4n) is 1.32. The van der Waals surface area contributed by atoms with E-state index in [0.29, 0.717) is 9.86 Å². The fraction of sp³-hybridized carbons (Fsp3) is 0. The second-order valence-corrected chi connectivity index (χ2v) is 6.19. The number of hydrogen-bond donors (Lipinski definition) is 1. The van der Waals surface area contributed by atoms with Gasteiger partial charge in [0.1, 0.15) is 4.70 Å². The molecule has 3 aromatic heterocycles. The number of fused-ring (bicyclic) bond motifs is 1. The van der Waals surface area contributed by atoms with Crippen LogP contribution in [0.3, 0.4) is 0 Å². The molecule has 3 aromatic rings. The molecule has 0 aromatic carbocycles. The summed E-state index contributed by atoms with van der Waals surface area (Å²) < 4.78 is 1.81. The lowest BCUT2D eigenvalue weighted by Crippen LogP contribution is -2.06. The third-order valence-electron chi connectivity index (χ3n) is 1.99. The van der Waals surface area contributed by atoms with E-state index in [4.69, 9.17) is 0 Å².